The lowest BCUT2D eigenvalue weighted by Gasteiger charge is -2.19. The van der Waals surface area contributed by atoms with E-state index in [1.165, 1.54) is 109 Å². The summed E-state index contributed by atoms with van der Waals surface area (Å²) >= 11 is 0. The van der Waals surface area contributed by atoms with Gasteiger partial charge in [-0.05, 0) is 44.9 Å². The van der Waals surface area contributed by atoms with Gasteiger partial charge in [0.2, 0.25) is 0 Å². The number of carbonyl (C=O) groups is 2. The second-order valence-electron chi connectivity index (χ2n) is 14.0. The predicted octanol–water partition coefficient (Wildman–Crippen LogP) is 11.6. The Balaban J connectivity index is 4.08. The Kier molecular flexibility index (Phi) is 38.2. The lowest BCUT2D eigenvalue weighted by Crippen LogP contribution is -2.25. The van der Waals surface area contributed by atoms with Crippen LogP contribution in [0.5, 0.6) is 0 Å². The molecule has 0 saturated carbocycles. The predicted molar refractivity (Wildman–Crippen MR) is 204 cm³/mol. The van der Waals surface area contributed by atoms with Crippen LogP contribution in [0.15, 0.2) is 12.2 Å². The minimum absolute atomic E-state index is 0.0257. The molecule has 0 aliphatic rings. The molecule has 0 fully saturated rings. The van der Waals surface area contributed by atoms with Crippen molar-refractivity contribution >= 4 is 11.9 Å². The van der Waals surface area contributed by atoms with Crippen molar-refractivity contribution in [3.63, 3.8) is 0 Å². The molecule has 7 nitrogen and oxygen atoms in total. The molecule has 0 rings (SSSR count). The Labute approximate surface area is 303 Å². The zero-order valence-electron chi connectivity index (χ0n) is 32.5. The van der Waals surface area contributed by atoms with Gasteiger partial charge in [-0.2, -0.15) is 0 Å². The third-order valence-electron chi connectivity index (χ3n) is 9.05. The SMILES string of the molecule is CCCCCCCC/C=C\CCCCCCCC(=O)OCC(CO)COC(=O)CCC(OCCCCCCCC)OCCCCCCCC. The van der Waals surface area contributed by atoms with Crippen LogP contribution >= 0.6 is 0 Å². The third-order valence-corrected chi connectivity index (χ3v) is 9.05. The number of carbonyl (C=O) groups excluding carboxylic acids is 2. The van der Waals surface area contributed by atoms with Crippen molar-refractivity contribution < 1.29 is 33.6 Å². The number of rotatable bonds is 39. The fraction of sp³-hybridized carbons (Fsp3) is 0.905. The summed E-state index contributed by atoms with van der Waals surface area (Å²) in [6, 6.07) is 0. The molecule has 0 bridgehead atoms. The summed E-state index contributed by atoms with van der Waals surface area (Å²) in [5.41, 5.74) is 0. The second-order valence-corrected chi connectivity index (χ2v) is 14.0. The van der Waals surface area contributed by atoms with E-state index in [1.807, 2.05) is 0 Å². The summed E-state index contributed by atoms with van der Waals surface area (Å²) < 4.78 is 22.8. The summed E-state index contributed by atoms with van der Waals surface area (Å²) in [5.74, 6) is -1.03. The van der Waals surface area contributed by atoms with E-state index in [2.05, 4.69) is 32.9 Å². The van der Waals surface area contributed by atoms with Crippen molar-refractivity contribution in [1.29, 1.82) is 0 Å². The average Bonchev–Trinajstić information content (AvgIpc) is 3.11. The molecule has 1 atom stereocenters. The summed E-state index contributed by atoms with van der Waals surface area (Å²) in [6.45, 7) is 7.85. The third kappa shape index (κ3) is 36.2. The van der Waals surface area contributed by atoms with Crippen molar-refractivity contribution in [3.05, 3.63) is 12.2 Å². The normalized spacial score (nSPS) is 12.3. The monoisotopic (exact) mass is 697 g/mol. The Hall–Kier alpha value is -1.44. The van der Waals surface area contributed by atoms with E-state index < -0.39 is 12.2 Å². The largest absolute Gasteiger partial charge is 0.465 e. The van der Waals surface area contributed by atoms with E-state index in [0.717, 1.165) is 51.4 Å². The van der Waals surface area contributed by atoms with Gasteiger partial charge in [-0.15, -0.1) is 0 Å². The van der Waals surface area contributed by atoms with Crippen LogP contribution in [0.2, 0.25) is 0 Å². The molecule has 290 valence electrons. The van der Waals surface area contributed by atoms with Crippen LogP contribution in [-0.4, -0.2) is 56.4 Å². The highest BCUT2D eigenvalue weighted by atomic mass is 16.7. The van der Waals surface area contributed by atoms with Crippen LogP contribution in [0.25, 0.3) is 0 Å². The number of hydrogen-bond donors (Lipinski definition) is 1. The topological polar surface area (TPSA) is 91.3 Å². The van der Waals surface area contributed by atoms with Gasteiger partial charge in [-0.25, -0.2) is 0 Å². The standard InChI is InChI=1S/C42H80O7/c1-4-7-10-13-16-17-18-19-20-21-22-23-24-25-28-31-40(44)48-37-39(36-43)38-49-41(45)32-33-42(46-34-29-26-14-11-8-5-2)47-35-30-27-15-12-9-6-3/h19-20,39,42-43H,4-18,21-38H2,1-3H3/b20-19-. The van der Waals surface area contributed by atoms with Gasteiger partial charge in [0.25, 0.3) is 0 Å². The molecule has 0 heterocycles. The highest BCUT2D eigenvalue weighted by Gasteiger charge is 2.17. The van der Waals surface area contributed by atoms with Crippen molar-refractivity contribution in [2.45, 2.75) is 207 Å². The van der Waals surface area contributed by atoms with Gasteiger partial charge in [-0.1, -0.05) is 148 Å². The Morgan fingerprint density at radius 2 is 0.898 bits per heavy atom. The van der Waals surface area contributed by atoms with Crippen LogP contribution < -0.4 is 0 Å². The summed E-state index contributed by atoms with van der Waals surface area (Å²) in [5, 5.41) is 9.74. The number of esters is 2. The van der Waals surface area contributed by atoms with E-state index in [9.17, 15) is 14.7 Å². The van der Waals surface area contributed by atoms with Gasteiger partial charge < -0.3 is 24.1 Å². The van der Waals surface area contributed by atoms with E-state index in [1.54, 1.807) is 0 Å². The van der Waals surface area contributed by atoms with E-state index in [0.29, 0.717) is 26.1 Å². The lowest BCUT2D eigenvalue weighted by molar-refractivity contribution is -0.161. The molecule has 0 aliphatic carbocycles. The Bertz CT molecular complexity index is 708. The van der Waals surface area contributed by atoms with Gasteiger partial charge >= 0.3 is 11.9 Å². The van der Waals surface area contributed by atoms with Crippen LogP contribution in [0.4, 0.5) is 0 Å². The fourth-order valence-electron chi connectivity index (χ4n) is 5.70. The highest BCUT2D eigenvalue weighted by Crippen LogP contribution is 2.14. The van der Waals surface area contributed by atoms with Gasteiger partial charge in [0.15, 0.2) is 6.29 Å². The average molecular weight is 697 g/mol. The molecule has 0 aromatic carbocycles. The fourth-order valence-corrected chi connectivity index (χ4v) is 5.70. The van der Waals surface area contributed by atoms with E-state index in [4.69, 9.17) is 18.9 Å². The van der Waals surface area contributed by atoms with E-state index >= 15 is 0 Å². The minimum Gasteiger partial charge on any atom is -0.465 e. The molecule has 0 aromatic rings. The van der Waals surface area contributed by atoms with Crippen LogP contribution in [-0.2, 0) is 28.5 Å². The van der Waals surface area contributed by atoms with Crippen molar-refractivity contribution in [3.8, 4) is 0 Å². The molecule has 7 heteroatoms. The maximum Gasteiger partial charge on any atom is 0.305 e. The smallest absolute Gasteiger partial charge is 0.305 e. The molecular formula is C42H80O7. The quantitative estimate of drug-likeness (QED) is 0.0296. The number of unbranched alkanes of at least 4 members (excludes halogenated alkanes) is 21. The number of aliphatic hydroxyl groups is 1. The van der Waals surface area contributed by atoms with Crippen LogP contribution in [0.1, 0.15) is 201 Å². The molecule has 0 amide bonds. The maximum absolute atomic E-state index is 12.5. The van der Waals surface area contributed by atoms with Crippen molar-refractivity contribution in [2.24, 2.45) is 5.92 Å². The summed E-state index contributed by atoms with van der Waals surface area (Å²) in [6.07, 6.45) is 35.4. The molecule has 0 saturated heterocycles. The molecule has 49 heavy (non-hydrogen) atoms. The maximum atomic E-state index is 12.5. The van der Waals surface area contributed by atoms with Crippen molar-refractivity contribution in [2.75, 3.05) is 33.0 Å². The van der Waals surface area contributed by atoms with Crippen LogP contribution in [0, 0.1) is 5.92 Å². The number of ether oxygens (including phenoxy) is 4. The zero-order chi connectivity index (χ0) is 35.9. The zero-order valence-corrected chi connectivity index (χ0v) is 32.5. The van der Waals surface area contributed by atoms with Gasteiger partial charge in [-0.3, -0.25) is 9.59 Å². The van der Waals surface area contributed by atoms with Crippen LogP contribution in [0.3, 0.4) is 0 Å². The first-order chi connectivity index (χ1) is 24.1. The van der Waals surface area contributed by atoms with Gasteiger partial charge in [0.1, 0.15) is 0 Å². The first-order valence-electron chi connectivity index (χ1n) is 20.9. The Morgan fingerprint density at radius 3 is 1.35 bits per heavy atom. The summed E-state index contributed by atoms with van der Waals surface area (Å²) in [4.78, 5) is 24.7. The molecule has 1 N–H and O–H groups in total. The number of aliphatic hydroxyl groups excluding tert-OH is 1. The molecule has 0 aromatic heterocycles. The second kappa shape index (κ2) is 39.3. The molecular weight excluding hydrogens is 616 g/mol. The number of allylic oxidation sites excluding steroid dienone is 2. The molecule has 0 aliphatic heterocycles. The van der Waals surface area contributed by atoms with Crippen molar-refractivity contribution in [1.82, 2.24) is 0 Å². The first-order valence-corrected chi connectivity index (χ1v) is 20.9. The highest BCUT2D eigenvalue weighted by molar-refractivity contribution is 5.69. The first kappa shape index (κ1) is 47.6. The number of hydrogen-bond acceptors (Lipinski definition) is 7. The lowest BCUT2D eigenvalue weighted by atomic mass is 10.1. The minimum atomic E-state index is -0.425. The van der Waals surface area contributed by atoms with Gasteiger partial charge in [0, 0.05) is 26.1 Å². The molecule has 0 spiro atoms. The van der Waals surface area contributed by atoms with Gasteiger partial charge in [0.05, 0.1) is 32.2 Å². The Morgan fingerprint density at radius 1 is 0.510 bits per heavy atom. The molecule has 0 radical (unpaired) electrons. The summed E-state index contributed by atoms with van der Waals surface area (Å²) in [7, 11) is 0. The van der Waals surface area contributed by atoms with E-state index in [-0.39, 0.29) is 38.2 Å². The molecule has 1 unspecified atom stereocenters.